The van der Waals surface area contributed by atoms with Crippen LogP contribution in [0, 0.1) is 0 Å². The molecular weight excluding hydrogens is 346 g/mol. The van der Waals surface area contributed by atoms with Gasteiger partial charge in [-0.05, 0) is 29.1 Å². The predicted molar refractivity (Wildman–Crippen MR) is 113 cm³/mol. The fraction of sp³-hybridized carbons (Fsp3) is 0.0833. The summed E-state index contributed by atoms with van der Waals surface area (Å²) in [5, 5.41) is 8.50. The molecule has 1 amide bonds. The Labute approximate surface area is 164 Å². The molecule has 4 aromatic rings. The topological polar surface area (TPSA) is 54.0 Å². The molecule has 28 heavy (non-hydrogen) atoms. The van der Waals surface area contributed by atoms with Crippen LogP contribution in [0.2, 0.25) is 0 Å². The van der Waals surface area contributed by atoms with Crippen LogP contribution in [-0.4, -0.2) is 17.4 Å². The zero-order chi connectivity index (χ0) is 19.2. The SMILES string of the molecule is O=C(CNC(c1ccccc1)c1ccccn1)Nc1cccc2ccccc12. The van der Waals surface area contributed by atoms with E-state index >= 15 is 0 Å². The van der Waals surface area contributed by atoms with Crippen LogP contribution in [0.5, 0.6) is 0 Å². The number of anilines is 1. The molecule has 1 heterocycles. The van der Waals surface area contributed by atoms with Crippen LogP contribution < -0.4 is 10.6 Å². The van der Waals surface area contributed by atoms with Crippen LogP contribution >= 0.6 is 0 Å². The number of rotatable bonds is 6. The van der Waals surface area contributed by atoms with Crippen molar-refractivity contribution in [2.24, 2.45) is 0 Å². The Morgan fingerprint density at radius 3 is 2.39 bits per heavy atom. The van der Waals surface area contributed by atoms with Crippen LogP contribution in [0.3, 0.4) is 0 Å². The Morgan fingerprint density at radius 2 is 1.57 bits per heavy atom. The number of hydrogen-bond donors (Lipinski definition) is 2. The van der Waals surface area contributed by atoms with E-state index in [0.29, 0.717) is 0 Å². The molecule has 0 fully saturated rings. The van der Waals surface area contributed by atoms with Crippen LogP contribution in [-0.2, 0) is 4.79 Å². The second-order valence-corrected chi connectivity index (χ2v) is 6.55. The number of fused-ring (bicyclic) bond motifs is 1. The summed E-state index contributed by atoms with van der Waals surface area (Å²) in [5.41, 5.74) is 2.77. The van der Waals surface area contributed by atoms with Gasteiger partial charge in [0.05, 0.1) is 18.3 Å². The third kappa shape index (κ3) is 4.08. The van der Waals surface area contributed by atoms with Gasteiger partial charge < -0.3 is 5.32 Å². The number of aromatic nitrogens is 1. The van der Waals surface area contributed by atoms with Gasteiger partial charge in [0.2, 0.25) is 5.91 Å². The van der Waals surface area contributed by atoms with Gasteiger partial charge in [0.25, 0.3) is 0 Å². The Morgan fingerprint density at radius 1 is 0.821 bits per heavy atom. The Hall–Kier alpha value is -3.50. The second-order valence-electron chi connectivity index (χ2n) is 6.55. The van der Waals surface area contributed by atoms with Crippen molar-refractivity contribution >= 4 is 22.4 Å². The third-order valence-corrected chi connectivity index (χ3v) is 4.65. The van der Waals surface area contributed by atoms with E-state index in [9.17, 15) is 4.79 Å². The zero-order valence-electron chi connectivity index (χ0n) is 15.4. The molecule has 1 aromatic heterocycles. The van der Waals surface area contributed by atoms with Crippen LogP contribution in [0.1, 0.15) is 17.3 Å². The number of nitrogens with one attached hydrogen (secondary N) is 2. The molecular formula is C24H21N3O. The molecule has 0 aliphatic heterocycles. The minimum atomic E-state index is -0.152. The number of nitrogens with zero attached hydrogens (tertiary/aromatic N) is 1. The highest BCUT2D eigenvalue weighted by Gasteiger charge is 2.16. The highest BCUT2D eigenvalue weighted by atomic mass is 16.1. The Bertz CT molecular complexity index is 1020. The molecule has 0 aliphatic rings. The third-order valence-electron chi connectivity index (χ3n) is 4.65. The van der Waals surface area contributed by atoms with E-state index in [2.05, 4.69) is 15.6 Å². The molecule has 1 atom stereocenters. The molecule has 0 aliphatic carbocycles. The first-order chi connectivity index (χ1) is 13.8. The van der Waals surface area contributed by atoms with E-state index in [0.717, 1.165) is 27.7 Å². The van der Waals surface area contributed by atoms with Gasteiger partial charge in [-0.1, -0.05) is 72.8 Å². The second kappa shape index (κ2) is 8.46. The molecule has 0 radical (unpaired) electrons. The van der Waals surface area contributed by atoms with E-state index in [1.807, 2.05) is 91.0 Å². The number of carbonyl (C=O) groups is 1. The number of amides is 1. The highest BCUT2D eigenvalue weighted by Crippen LogP contribution is 2.23. The zero-order valence-corrected chi connectivity index (χ0v) is 15.4. The molecule has 4 heteroatoms. The first-order valence-corrected chi connectivity index (χ1v) is 9.28. The standard InChI is InChI=1S/C24H21N3O/c28-23(27-21-15-8-12-18-9-4-5-13-20(18)21)17-26-24(19-10-2-1-3-11-19)22-14-6-7-16-25-22/h1-16,24,26H,17H2,(H,27,28). The van der Waals surface area contributed by atoms with Gasteiger partial charge in [-0.3, -0.25) is 15.1 Å². The van der Waals surface area contributed by atoms with Crippen molar-refractivity contribution in [1.29, 1.82) is 0 Å². The molecule has 2 N–H and O–H groups in total. The summed E-state index contributed by atoms with van der Waals surface area (Å²) >= 11 is 0. The van der Waals surface area contributed by atoms with E-state index in [1.165, 1.54) is 0 Å². The average Bonchev–Trinajstić information content (AvgIpc) is 2.76. The summed E-state index contributed by atoms with van der Waals surface area (Å²) in [6.07, 6.45) is 1.77. The fourth-order valence-electron chi connectivity index (χ4n) is 3.31. The van der Waals surface area contributed by atoms with E-state index in [-0.39, 0.29) is 18.5 Å². The quantitative estimate of drug-likeness (QED) is 0.526. The van der Waals surface area contributed by atoms with Crippen LogP contribution in [0.25, 0.3) is 10.8 Å². The number of carbonyl (C=O) groups excluding carboxylic acids is 1. The van der Waals surface area contributed by atoms with Gasteiger partial charge in [0.1, 0.15) is 0 Å². The Balaban J connectivity index is 1.50. The van der Waals surface area contributed by atoms with Crippen molar-refractivity contribution in [2.75, 3.05) is 11.9 Å². The summed E-state index contributed by atoms with van der Waals surface area (Å²) < 4.78 is 0. The first-order valence-electron chi connectivity index (χ1n) is 9.28. The minimum Gasteiger partial charge on any atom is -0.324 e. The fourth-order valence-corrected chi connectivity index (χ4v) is 3.31. The summed E-state index contributed by atoms with van der Waals surface area (Å²) in [7, 11) is 0. The maximum absolute atomic E-state index is 12.6. The summed E-state index contributed by atoms with van der Waals surface area (Å²) in [5.74, 6) is -0.0896. The lowest BCUT2D eigenvalue weighted by Crippen LogP contribution is -2.32. The predicted octanol–water partition coefficient (Wildman–Crippen LogP) is 4.55. The van der Waals surface area contributed by atoms with Crippen molar-refractivity contribution < 1.29 is 4.79 Å². The number of pyridine rings is 1. The molecule has 138 valence electrons. The molecule has 0 saturated heterocycles. The number of hydrogen-bond acceptors (Lipinski definition) is 3. The molecule has 4 nitrogen and oxygen atoms in total. The highest BCUT2D eigenvalue weighted by molar-refractivity contribution is 6.02. The normalized spacial score (nSPS) is 11.9. The van der Waals surface area contributed by atoms with Crippen molar-refractivity contribution in [1.82, 2.24) is 10.3 Å². The van der Waals surface area contributed by atoms with E-state index in [1.54, 1.807) is 6.20 Å². The summed E-state index contributed by atoms with van der Waals surface area (Å²) in [6.45, 7) is 0.180. The molecule has 0 bridgehead atoms. The van der Waals surface area contributed by atoms with Gasteiger partial charge in [0.15, 0.2) is 0 Å². The average molecular weight is 367 g/mol. The van der Waals surface area contributed by atoms with Crippen LogP contribution in [0.15, 0.2) is 97.2 Å². The monoisotopic (exact) mass is 367 g/mol. The van der Waals surface area contributed by atoms with Gasteiger partial charge >= 0.3 is 0 Å². The number of benzene rings is 3. The molecule has 0 saturated carbocycles. The van der Waals surface area contributed by atoms with Gasteiger partial charge in [0, 0.05) is 17.3 Å². The molecule has 4 rings (SSSR count). The molecule has 0 spiro atoms. The lowest BCUT2D eigenvalue weighted by Gasteiger charge is -2.19. The summed E-state index contributed by atoms with van der Waals surface area (Å²) in [4.78, 5) is 17.1. The smallest absolute Gasteiger partial charge is 0.238 e. The minimum absolute atomic E-state index is 0.0896. The van der Waals surface area contributed by atoms with Crippen molar-refractivity contribution in [3.8, 4) is 0 Å². The van der Waals surface area contributed by atoms with Crippen molar-refractivity contribution in [3.63, 3.8) is 0 Å². The largest absolute Gasteiger partial charge is 0.324 e. The lowest BCUT2D eigenvalue weighted by atomic mass is 10.0. The van der Waals surface area contributed by atoms with Gasteiger partial charge in [-0.25, -0.2) is 0 Å². The van der Waals surface area contributed by atoms with Gasteiger partial charge in [-0.2, -0.15) is 0 Å². The maximum atomic E-state index is 12.6. The Kier molecular flexibility index (Phi) is 5.41. The lowest BCUT2D eigenvalue weighted by molar-refractivity contribution is -0.115. The molecule has 1 unspecified atom stereocenters. The van der Waals surface area contributed by atoms with E-state index < -0.39 is 0 Å². The van der Waals surface area contributed by atoms with Crippen LogP contribution in [0.4, 0.5) is 5.69 Å². The van der Waals surface area contributed by atoms with Crippen molar-refractivity contribution in [2.45, 2.75) is 6.04 Å². The molecule has 3 aromatic carbocycles. The van der Waals surface area contributed by atoms with E-state index in [4.69, 9.17) is 0 Å². The van der Waals surface area contributed by atoms with Crippen molar-refractivity contribution in [3.05, 3.63) is 108 Å². The van der Waals surface area contributed by atoms with Gasteiger partial charge in [-0.15, -0.1) is 0 Å². The first kappa shape index (κ1) is 17.9. The maximum Gasteiger partial charge on any atom is 0.238 e. The summed E-state index contributed by atoms with van der Waals surface area (Å²) in [6, 6.07) is 29.6.